The minimum atomic E-state index is -0.778. The lowest BCUT2D eigenvalue weighted by molar-refractivity contribution is -0.143. The number of hydrogen-bond donors (Lipinski definition) is 3. The van der Waals surface area contributed by atoms with Crippen molar-refractivity contribution >= 4 is 17.7 Å². The van der Waals surface area contributed by atoms with Crippen LogP contribution in [0.25, 0.3) is 0 Å². The number of rotatable bonds is 4. The van der Waals surface area contributed by atoms with Gasteiger partial charge in [0.25, 0.3) is 0 Å². The summed E-state index contributed by atoms with van der Waals surface area (Å²) < 4.78 is 1.76. The number of amides is 2. The Balaban J connectivity index is 1.84. The van der Waals surface area contributed by atoms with Crippen LogP contribution in [0, 0.1) is 5.92 Å². The molecule has 0 bridgehead atoms. The highest BCUT2D eigenvalue weighted by Crippen LogP contribution is 2.24. The molecule has 7 heteroatoms. The van der Waals surface area contributed by atoms with Gasteiger partial charge < -0.3 is 15.7 Å². The van der Waals surface area contributed by atoms with Crippen LogP contribution in [0.4, 0.5) is 10.5 Å². The van der Waals surface area contributed by atoms with E-state index in [9.17, 15) is 9.59 Å². The second kappa shape index (κ2) is 6.60. The summed E-state index contributed by atoms with van der Waals surface area (Å²) in [6.45, 7) is 4.01. The Morgan fingerprint density at radius 1 is 1.43 bits per heavy atom. The quantitative estimate of drug-likeness (QED) is 0.793. The van der Waals surface area contributed by atoms with Crippen LogP contribution in [0.5, 0.6) is 0 Å². The van der Waals surface area contributed by atoms with E-state index in [4.69, 9.17) is 5.11 Å². The normalized spacial score (nSPS) is 22.0. The third-order valence-electron chi connectivity index (χ3n) is 3.75. The smallest absolute Gasteiger partial charge is 0.319 e. The van der Waals surface area contributed by atoms with E-state index in [-0.39, 0.29) is 24.0 Å². The van der Waals surface area contributed by atoms with E-state index < -0.39 is 5.97 Å². The van der Waals surface area contributed by atoms with Crippen LogP contribution in [0.2, 0.25) is 0 Å². The van der Waals surface area contributed by atoms with Gasteiger partial charge in [-0.05, 0) is 33.1 Å². The average molecular weight is 294 g/mol. The summed E-state index contributed by atoms with van der Waals surface area (Å²) >= 11 is 0. The number of aliphatic carboxylic acids is 1. The summed E-state index contributed by atoms with van der Waals surface area (Å²) in [5, 5.41) is 18.8. The van der Waals surface area contributed by atoms with E-state index >= 15 is 0 Å². The number of carboxylic acids is 1. The molecule has 21 heavy (non-hydrogen) atoms. The maximum Gasteiger partial charge on any atom is 0.319 e. The van der Waals surface area contributed by atoms with Crippen molar-refractivity contribution < 1.29 is 14.7 Å². The van der Waals surface area contributed by atoms with Gasteiger partial charge in [0, 0.05) is 18.3 Å². The van der Waals surface area contributed by atoms with Crippen molar-refractivity contribution in [3.05, 3.63) is 12.4 Å². The van der Waals surface area contributed by atoms with Gasteiger partial charge in [-0.1, -0.05) is 6.42 Å². The summed E-state index contributed by atoms with van der Waals surface area (Å²) in [4.78, 5) is 22.9. The number of nitrogens with one attached hydrogen (secondary N) is 2. The minimum absolute atomic E-state index is 0.0833. The molecule has 2 rings (SSSR count). The van der Waals surface area contributed by atoms with Crippen LogP contribution in [-0.4, -0.2) is 32.9 Å². The number of nitrogens with zero attached hydrogens (tertiary/aromatic N) is 2. The molecule has 0 aromatic carbocycles. The first-order valence-corrected chi connectivity index (χ1v) is 7.30. The molecule has 0 saturated heterocycles. The fraction of sp³-hybridized carbons (Fsp3) is 0.643. The van der Waals surface area contributed by atoms with Crippen molar-refractivity contribution in [3.8, 4) is 0 Å². The molecule has 2 unspecified atom stereocenters. The van der Waals surface area contributed by atoms with E-state index in [0.29, 0.717) is 18.5 Å². The van der Waals surface area contributed by atoms with Gasteiger partial charge in [0.05, 0.1) is 17.8 Å². The van der Waals surface area contributed by atoms with E-state index in [1.807, 2.05) is 13.8 Å². The number of carboxylic acid groups (broad SMARTS) is 1. The Bertz CT molecular complexity index is 512. The summed E-state index contributed by atoms with van der Waals surface area (Å²) in [6.07, 6.45) is 6.20. The van der Waals surface area contributed by atoms with Crippen molar-refractivity contribution in [2.24, 2.45) is 5.92 Å². The minimum Gasteiger partial charge on any atom is -0.481 e. The summed E-state index contributed by atoms with van der Waals surface area (Å²) in [7, 11) is 0. The van der Waals surface area contributed by atoms with Crippen LogP contribution in [0.3, 0.4) is 0 Å². The van der Waals surface area contributed by atoms with E-state index in [1.165, 1.54) is 0 Å². The van der Waals surface area contributed by atoms with Gasteiger partial charge in [0.1, 0.15) is 0 Å². The van der Waals surface area contributed by atoms with Crippen LogP contribution in [-0.2, 0) is 4.79 Å². The van der Waals surface area contributed by atoms with Gasteiger partial charge in [0.2, 0.25) is 0 Å². The highest BCUT2D eigenvalue weighted by atomic mass is 16.4. The van der Waals surface area contributed by atoms with Crippen molar-refractivity contribution in [2.75, 3.05) is 5.32 Å². The van der Waals surface area contributed by atoms with Gasteiger partial charge in [0.15, 0.2) is 0 Å². The molecule has 0 radical (unpaired) electrons. The van der Waals surface area contributed by atoms with Crippen molar-refractivity contribution in [1.82, 2.24) is 15.1 Å². The second-order valence-corrected chi connectivity index (χ2v) is 5.80. The lowest BCUT2D eigenvalue weighted by Gasteiger charge is -2.27. The fourth-order valence-corrected chi connectivity index (χ4v) is 2.58. The van der Waals surface area contributed by atoms with Gasteiger partial charge in [-0.25, -0.2) is 4.79 Å². The van der Waals surface area contributed by atoms with Crippen molar-refractivity contribution in [1.29, 1.82) is 0 Å². The molecule has 2 atom stereocenters. The van der Waals surface area contributed by atoms with Crippen molar-refractivity contribution in [2.45, 2.75) is 51.6 Å². The molecule has 1 aliphatic carbocycles. The Hall–Kier alpha value is -2.05. The van der Waals surface area contributed by atoms with E-state index in [2.05, 4.69) is 15.7 Å². The fourth-order valence-electron chi connectivity index (χ4n) is 2.58. The Kier molecular flexibility index (Phi) is 4.82. The van der Waals surface area contributed by atoms with E-state index in [1.54, 1.807) is 17.1 Å². The van der Waals surface area contributed by atoms with Gasteiger partial charge in [-0.15, -0.1) is 0 Å². The lowest BCUT2D eigenvalue weighted by atomic mass is 9.86. The van der Waals surface area contributed by atoms with Gasteiger partial charge in [-0.2, -0.15) is 5.10 Å². The predicted molar refractivity (Wildman–Crippen MR) is 78.1 cm³/mol. The molecule has 1 aromatic rings. The van der Waals surface area contributed by atoms with Gasteiger partial charge in [-0.3, -0.25) is 9.48 Å². The highest BCUT2D eigenvalue weighted by Gasteiger charge is 2.27. The standard InChI is InChI=1S/C14H22N4O3/c1-9(2)18-8-12(7-15-18)17-14(21)16-11-5-3-4-10(6-11)13(19)20/h7-11H,3-6H2,1-2H3,(H,19,20)(H2,16,17,21). The number of carbonyl (C=O) groups is 2. The summed E-state index contributed by atoms with van der Waals surface area (Å²) in [6, 6.07) is -0.160. The molecule has 0 aliphatic heterocycles. The Labute approximate surface area is 123 Å². The molecule has 2 amide bonds. The molecule has 1 saturated carbocycles. The topological polar surface area (TPSA) is 96.2 Å². The van der Waals surface area contributed by atoms with Crippen LogP contribution >= 0.6 is 0 Å². The molecule has 0 spiro atoms. The molecular formula is C14H22N4O3. The van der Waals surface area contributed by atoms with Crippen LogP contribution < -0.4 is 10.6 Å². The molecule has 116 valence electrons. The number of anilines is 1. The SMILES string of the molecule is CC(C)n1cc(NC(=O)NC2CCCC(C(=O)O)C2)cn1. The third kappa shape index (κ3) is 4.21. The first-order valence-electron chi connectivity index (χ1n) is 7.30. The molecular weight excluding hydrogens is 272 g/mol. The number of hydrogen-bond acceptors (Lipinski definition) is 3. The summed E-state index contributed by atoms with van der Waals surface area (Å²) in [5.41, 5.74) is 0.631. The predicted octanol–water partition coefficient (Wildman–Crippen LogP) is 2.23. The zero-order chi connectivity index (χ0) is 15.4. The average Bonchev–Trinajstić information content (AvgIpc) is 2.87. The molecule has 1 aliphatic rings. The van der Waals surface area contributed by atoms with Crippen LogP contribution in [0.1, 0.15) is 45.6 Å². The Morgan fingerprint density at radius 2 is 2.19 bits per heavy atom. The molecule has 1 aromatic heterocycles. The second-order valence-electron chi connectivity index (χ2n) is 5.80. The van der Waals surface area contributed by atoms with Crippen molar-refractivity contribution in [3.63, 3.8) is 0 Å². The van der Waals surface area contributed by atoms with Gasteiger partial charge >= 0.3 is 12.0 Å². The maximum atomic E-state index is 11.9. The first-order chi connectivity index (χ1) is 9.95. The molecule has 1 fully saturated rings. The molecule has 3 N–H and O–H groups in total. The Morgan fingerprint density at radius 3 is 2.81 bits per heavy atom. The number of carbonyl (C=O) groups excluding carboxylic acids is 1. The summed E-state index contributed by atoms with van der Waals surface area (Å²) in [5.74, 6) is -1.13. The zero-order valence-corrected chi connectivity index (χ0v) is 12.4. The molecule has 7 nitrogen and oxygen atoms in total. The first kappa shape index (κ1) is 15.3. The lowest BCUT2D eigenvalue weighted by Crippen LogP contribution is -2.41. The van der Waals surface area contributed by atoms with E-state index in [0.717, 1.165) is 12.8 Å². The highest BCUT2D eigenvalue weighted by molar-refractivity contribution is 5.89. The largest absolute Gasteiger partial charge is 0.481 e. The zero-order valence-electron chi connectivity index (χ0n) is 12.4. The third-order valence-corrected chi connectivity index (χ3v) is 3.75. The molecule has 1 heterocycles. The number of urea groups is 1. The monoisotopic (exact) mass is 294 g/mol. The maximum absolute atomic E-state index is 11.9. The van der Waals surface area contributed by atoms with Crippen LogP contribution in [0.15, 0.2) is 12.4 Å². The number of aromatic nitrogens is 2.